The van der Waals surface area contributed by atoms with Crippen LogP contribution in [0.5, 0.6) is 0 Å². The third-order valence-corrected chi connectivity index (χ3v) is 3.78. The molecule has 0 aliphatic carbocycles. The van der Waals surface area contributed by atoms with Crippen molar-refractivity contribution in [2.45, 2.75) is 38.4 Å². The standard InChI is InChI=1S/C12H15BrN2O6/c1-4(2)6(16)9-7(17)8(18)11(21-9)15-3-5(13)10(19)14-12(15)20/h3,7-9,11,16-18H,1-2H3,(H,14,19,20)/t7-,8+,9+,11+/m0/s1. The summed E-state index contributed by atoms with van der Waals surface area (Å²) in [5.74, 6) is -0.208. The summed E-state index contributed by atoms with van der Waals surface area (Å²) in [4.78, 5) is 25.1. The lowest BCUT2D eigenvalue weighted by atomic mass is 10.1. The average Bonchev–Trinajstić information content (AvgIpc) is 2.70. The quantitative estimate of drug-likeness (QED) is 0.538. The fourth-order valence-corrected chi connectivity index (χ4v) is 2.37. The highest BCUT2D eigenvalue weighted by molar-refractivity contribution is 9.10. The van der Waals surface area contributed by atoms with Gasteiger partial charge >= 0.3 is 5.69 Å². The van der Waals surface area contributed by atoms with E-state index in [1.54, 1.807) is 13.8 Å². The van der Waals surface area contributed by atoms with Gasteiger partial charge in [-0.25, -0.2) is 4.79 Å². The van der Waals surface area contributed by atoms with Crippen molar-refractivity contribution in [3.05, 3.63) is 42.8 Å². The van der Waals surface area contributed by atoms with Crippen LogP contribution in [0.1, 0.15) is 20.1 Å². The first-order valence-electron chi connectivity index (χ1n) is 6.13. The summed E-state index contributed by atoms with van der Waals surface area (Å²) in [6.45, 7) is 3.24. The molecular weight excluding hydrogens is 348 g/mol. The number of halogens is 1. The Morgan fingerprint density at radius 2 is 1.95 bits per heavy atom. The number of nitrogens with zero attached hydrogens (tertiary/aromatic N) is 1. The second kappa shape index (κ2) is 5.76. The number of ether oxygens (including phenoxy) is 1. The predicted octanol–water partition coefficient (Wildman–Crippen LogP) is -0.230. The predicted molar refractivity (Wildman–Crippen MR) is 75.9 cm³/mol. The van der Waals surface area contributed by atoms with E-state index in [4.69, 9.17) is 4.74 Å². The van der Waals surface area contributed by atoms with Gasteiger partial charge in [-0.2, -0.15) is 0 Å². The number of hydrogen-bond donors (Lipinski definition) is 4. The van der Waals surface area contributed by atoms with E-state index in [1.165, 1.54) is 0 Å². The lowest BCUT2D eigenvalue weighted by molar-refractivity contribution is -0.0395. The molecule has 1 saturated heterocycles. The fourth-order valence-electron chi connectivity index (χ4n) is 2.05. The number of rotatable bonds is 2. The SMILES string of the molecule is CC(C)=C(O)[C@H]1O[C@@H](n2cc(Br)c(=O)[nH]c2=O)[C@H](O)[C@@H]1O. The molecule has 2 rings (SSSR count). The topological polar surface area (TPSA) is 125 Å². The number of aliphatic hydroxyl groups excluding tert-OH is 3. The van der Waals surface area contributed by atoms with E-state index in [0.717, 1.165) is 10.8 Å². The summed E-state index contributed by atoms with van der Waals surface area (Å²) in [6.07, 6.45) is -4.06. The van der Waals surface area contributed by atoms with Crippen molar-refractivity contribution in [3.63, 3.8) is 0 Å². The summed E-state index contributed by atoms with van der Waals surface area (Å²) >= 11 is 2.97. The van der Waals surface area contributed by atoms with E-state index in [9.17, 15) is 24.9 Å². The molecule has 1 aromatic heterocycles. The molecule has 4 atom stereocenters. The van der Waals surface area contributed by atoms with E-state index in [2.05, 4.69) is 15.9 Å². The van der Waals surface area contributed by atoms with Crippen LogP contribution in [0.4, 0.5) is 0 Å². The zero-order valence-electron chi connectivity index (χ0n) is 11.3. The van der Waals surface area contributed by atoms with Crippen LogP contribution < -0.4 is 11.2 Å². The Hall–Kier alpha value is -1.42. The van der Waals surface area contributed by atoms with E-state index >= 15 is 0 Å². The number of hydrogen-bond acceptors (Lipinski definition) is 6. The van der Waals surface area contributed by atoms with Gasteiger partial charge in [-0.05, 0) is 35.4 Å². The van der Waals surface area contributed by atoms with Crippen molar-refractivity contribution in [2.24, 2.45) is 0 Å². The minimum Gasteiger partial charge on any atom is -0.510 e. The highest BCUT2D eigenvalue weighted by Gasteiger charge is 2.46. The molecule has 0 bridgehead atoms. The highest BCUT2D eigenvalue weighted by Crippen LogP contribution is 2.32. The summed E-state index contributed by atoms with van der Waals surface area (Å²) in [6, 6.07) is 0. The normalized spacial score (nSPS) is 28.6. The first-order chi connectivity index (χ1) is 9.73. The number of aromatic amines is 1. The maximum absolute atomic E-state index is 11.8. The highest BCUT2D eigenvalue weighted by atomic mass is 79.9. The van der Waals surface area contributed by atoms with Crippen LogP contribution in [0.25, 0.3) is 0 Å². The molecular formula is C12H15BrN2O6. The summed E-state index contributed by atoms with van der Waals surface area (Å²) < 4.78 is 6.40. The van der Waals surface area contributed by atoms with Gasteiger partial charge in [-0.1, -0.05) is 0 Å². The van der Waals surface area contributed by atoms with Gasteiger partial charge in [-0.3, -0.25) is 14.3 Å². The summed E-state index contributed by atoms with van der Waals surface area (Å²) in [7, 11) is 0. The summed E-state index contributed by atoms with van der Waals surface area (Å²) in [5.41, 5.74) is -0.897. The molecule has 21 heavy (non-hydrogen) atoms. The number of aliphatic hydroxyl groups is 3. The van der Waals surface area contributed by atoms with Crippen LogP contribution in [0.15, 0.2) is 31.6 Å². The van der Waals surface area contributed by atoms with Gasteiger partial charge in [0.05, 0.1) is 4.47 Å². The first-order valence-corrected chi connectivity index (χ1v) is 6.92. The van der Waals surface area contributed by atoms with Gasteiger partial charge in [0.2, 0.25) is 0 Å². The van der Waals surface area contributed by atoms with Crippen LogP contribution in [-0.2, 0) is 4.74 Å². The van der Waals surface area contributed by atoms with Gasteiger partial charge in [0.15, 0.2) is 6.23 Å². The molecule has 0 saturated carbocycles. The van der Waals surface area contributed by atoms with Crippen LogP contribution >= 0.6 is 15.9 Å². The Labute approximate surface area is 127 Å². The minimum atomic E-state index is -1.44. The molecule has 0 amide bonds. The smallest absolute Gasteiger partial charge is 0.330 e. The molecule has 1 fully saturated rings. The molecule has 0 unspecified atom stereocenters. The Balaban J connectivity index is 2.43. The zero-order chi connectivity index (χ0) is 15.9. The van der Waals surface area contributed by atoms with E-state index in [-0.39, 0.29) is 10.2 Å². The average molecular weight is 363 g/mol. The third-order valence-electron chi connectivity index (χ3n) is 3.22. The van der Waals surface area contributed by atoms with Gasteiger partial charge in [0, 0.05) is 6.20 Å². The van der Waals surface area contributed by atoms with Crippen molar-refractivity contribution >= 4 is 15.9 Å². The molecule has 9 heteroatoms. The maximum Gasteiger partial charge on any atom is 0.330 e. The van der Waals surface area contributed by atoms with Crippen LogP contribution in [-0.4, -0.2) is 43.2 Å². The third kappa shape index (κ3) is 2.82. The molecule has 8 nitrogen and oxygen atoms in total. The minimum absolute atomic E-state index is 0.0716. The van der Waals surface area contributed by atoms with Crippen molar-refractivity contribution < 1.29 is 20.1 Å². The molecule has 116 valence electrons. The number of aromatic nitrogens is 2. The second-order valence-corrected chi connectivity index (χ2v) is 5.81. The van der Waals surface area contributed by atoms with Crippen molar-refractivity contribution in [1.29, 1.82) is 0 Å². The molecule has 1 aliphatic rings. The Kier molecular flexibility index (Phi) is 4.38. The summed E-state index contributed by atoms with van der Waals surface area (Å²) in [5, 5.41) is 29.9. The Morgan fingerprint density at radius 3 is 2.52 bits per heavy atom. The molecule has 0 aromatic carbocycles. The Bertz CT molecular complexity index is 690. The lowest BCUT2D eigenvalue weighted by Gasteiger charge is -2.17. The van der Waals surface area contributed by atoms with Crippen LogP contribution in [0, 0.1) is 0 Å². The van der Waals surface area contributed by atoms with E-state index in [1.807, 2.05) is 4.98 Å². The number of allylic oxidation sites excluding steroid dienone is 1. The Morgan fingerprint density at radius 1 is 1.33 bits per heavy atom. The first kappa shape index (κ1) is 16.0. The molecule has 2 heterocycles. The second-order valence-electron chi connectivity index (χ2n) is 4.96. The van der Waals surface area contributed by atoms with Gasteiger partial charge in [-0.15, -0.1) is 0 Å². The zero-order valence-corrected chi connectivity index (χ0v) is 12.9. The molecule has 4 N–H and O–H groups in total. The van der Waals surface area contributed by atoms with Gasteiger partial charge in [0.25, 0.3) is 5.56 Å². The molecule has 1 aromatic rings. The maximum atomic E-state index is 11.8. The van der Waals surface area contributed by atoms with Crippen molar-refractivity contribution in [2.75, 3.05) is 0 Å². The number of H-pyrrole nitrogens is 1. The van der Waals surface area contributed by atoms with Crippen molar-refractivity contribution in [3.8, 4) is 0 Å². The van der Waals surface area contributed by atoms with E-state index < -0.39 is 35.8 Å². The monoisotopic (exact) mass is 362 g/mol. The van der Waals surface area contributed by atoms with E-state index in [0.29, 0.717) is 5.57 Å². The fraction of sp³-hybridized carbons (Fsp3) is 0.500. The number of nitrogens with one attached hydrogen (secondary N) is 1. The molecule has 0 spiro atoms. The van der Waals surface area contributed by atoms with Crippen molar-refractivity contribution in [1.82, 2.24) is 9.55 Å². The molecule has 1 aliphatic heterocycles. The van der Waals surface area contributed by atoms with Gasteiger partial charge in [0.1, 0.15) is 24.1 Å². The lowest BCUT2D eigenvalue weighted by Crippen LogP contribution is -2.38. The van der Waals surface area contributed by atoms with Gasteiger partial charge < -0.3 is 20.1 Å². The largest absolute Gasteiger partial charge is 0.510 e. The van der Waals surface area contributed by atoms with Crippen LogP contribution in [0.2, 0.25) is 0 Å². The van der Waals surface area contributed by atoms with Crippen LogP contribution in [0.3, 0.4) is 0 Å². The molecule has 0 radical (unpaired) electrons.